The van der Waals surface area contributed by atoms with Crippen LogP contribution in [0.4, 0.5) is 13.2 Å². The first kappa shape index (κ1) is 21.1. The number of hydrogen-bond donors (Lipinski definition) is 2. The minimum atomic E-state index is -1.96. The van der Waals surface area contributed by atoms with Gasteiger partial charge in [0.1, 0.15) is 36.2 Å². The van der Waals surface area contributed by atoms with E-state index >= 15 is 0 Å². The van der Waals surface area contributed by atoms with Crippen molar-refractivity contribution in [1.29, 1.82) is 0 Å². The predicted molar refractivity (Wildman–Crippen MR) is 99.3 cm³/mol. The number of H-pyrrole nitrogens is 1. The monoisotopic (exact) mass is 417 g/mol. The van der Waals surface area contributed by atoms with Crippen molar-refractivity contribution in [2.45, 2.75) is 25.0 Å². The van der Waals surface area contributed by atoms with Crippen LogP contribution in [-0.2, 0) is 12.1 Å². The maximum absolute atomic E-state index is 14.4. The summed E-state index contributed by atoms with van der Waals surface area (Å²) < 4.78 is 43.0. The van der Waals surface area contributed by atoms with Gasteiger partial charge in [-0.25, -0.2) is 37.8 Å². The van der Waals surface area contributed by atoms with Gasteiger partial charge in [-0.2, -0.15) is 5.10 Å². The molecule has 0 fully saturated rings. The molecule has 0 amide bonds. The largest absolute Gasteiger partial charge is 0.382 e. The lowest BCUT2D eigenvalue weighted by molar-refractivity contribution is -0.0133. The van der Waals surface area contributed by atoms with Gasteiger partial charge in [0, 0.05) is 29.9 Å². The number of hydrogen-bond acceptors (Lipinski definition) is 6. The van der Waals surface area contributed by atoms with Crippen molar-refractivity contribution in [1.82, 2.24) is 34.7 Å². The topological polar surface area (TPSA) is 105 Å². The Morgan fingerprint density at radius 3 is 2.53 bits per heavy atom. The van der Waals surface area contributed by atoms with E-state index in [4.69, 9.17) is 0 Å². The van der Waals surface area contributed by atoms with Crippen LogP contribution in [0.2, 0.25) is 0 Å². The molecule has 0 saturated heterocycles. The average Bonchev–Trinajstić information content (AvgIpc) is 3.44. The summed E-state index contributed by atoms with van der Waals surface area (Å²) in [6, 6.07) is 2.80. The number of nitrogens with zero attached hydrogens (tertiary/aromatic N) is 6. The summed E-state index contributed by atoms with van der Waals surface area (Å²) in [7, 11) is 0. The van der Waals surface area contributed by atoms with Crippen molar-refractivity contribution < 1.29 is 18.3 Å². The lowest BCUT2D eigenvalue weighted by atomic mass is 9.79. The summed E-state index contributed by atoms with van der Waals surface area (Å²) >= 11 is 0. The Kier molecular flexibility index (Phi) is 6.52. The molecule has 0 spiro atoms. The van der Waals surface area contributed by atoms with Crippen molar-refractivity contribution in [2.75, 3.05) is 0 Å². The fourth-order valence-corrected chi connectivity index (χ4v) is 2.94. The van der Waals surface area contributed by atoms with Gasteiger partial charge in [0.05, 0.1) is 24.8 Å². The summed E-state index contributed by atoms with van der Waals surface area (Å²) in [6.45, 7) is 1.26. The zero-order valence-electron chi connectivity index (χ0n) is 15.8. The molecule has 2 atom stereocenters. The Balaban J connectivity index is 0.000000448. The molecule has 0 aliphatic carbocycles. The van der Waals surface area contributed by atoms with E-state index in [-0.39, 0.29) is 17.8 Å². The summed E-state index contributed by atoms with van der Waals surface area (Å²) in [5, 5.41) is 15.2. The van der Waals surface area contributed by atoms with Gasteiger partial charge in [-0.05, 0) is 6.07 Å². The lowest BCUT2D eigenvalue weighted by Crippen LogP contribution is -2.39. The molecule has 8 nitrogen and oxygen atoms in total. The van der Waals surface area contributed by atoms with E-state index in [1.165, 1.54) is 24.3 Å². The minimum Gasteiger partial charge on any atom is -0.382 e. The molecule has 3 heterocycles. The third-order valence-electron chi connectivity index (χ3n) is 4.50. The second kappa shape index (κ2) is 9.27. The molecule has 0 saturated carbocycles. The molecule has 4 aromatic rings. The molecule has 2 N–H and O–H groups in total. The van der Waals surface area contributed by atoms with E-state index in [2.05, 4.69) is 30.0 Å². The van der Waals surface area contributed by atoms with Crippen LogP contribution < -0.4 is 0 Å². The third kappa shape index (κ3) is 4.69. The Morgan fingerprint density at radius 1 is 1.13 bits per heavy atom. The number of aliphatic hydroxyl groups is 1. The second-order valence-corrected chi connectivity index (χ2v) is 6.38. The highest BCUT2D eigenvalue weighted by Gasteiger charge is 2.41. The first-order valence-electron chi connectivity index (χ1n) is 8.80. The number of benzene rings is 1. The van der Waals surface area contributed by atoms with E-state index in [1.807, 2.05) is 0 Å². The predicted octanol–water partition coefficient (Wildman–Crippen LogP) is 2.59. The molecule has 30 heavy (non-hydrogen) atoms. The standard InChI is InChI=1S/C16H14F3N5O.C3H4N2/c1-10(15-14(19)5-20-7-22-15)16(25,6-24-9-21-8-23-24)12-3-2-11(17)4-13(12)18;1-2-5-3-4-1/h2-5,7-10,25H,6H2,1H3;1-3H,(H,4,5)/t10-,16+;/m0./s1. The smallest absolute Gasteiger partial charge is 0.163 e. The molecule has 0 aliphatic rings. The molecular formula is C19H18F3N7O. The maximum Gasteiger partial charge on any atom is 0.163 e. The quantitative estimate of drug-likeness (QED) is 0.517. The molecule has 0 aliphatic heterocycles. The van der Waals surface area contributed by atoms with Crippen LogP contribution >= 0.6 is 0 Å². The van der Waals surface area contributed by atoms with Gasteiger partial charge < -0.3 is 10.1 Å². The second-order valence-electron chi connectivity index (χ2n) is 6.38. The van der Waals surface area contributed by atoms with Crippen LogP contribution in [0.5, 0.6) is 0 Å². The first-order chi connectivity index (χ1) is 14.4. The summed E-state index contributed by atoms with van der Waals surface area (Å²) in [5.74, 6) is -3.47. The van der Waals surface area contributed by atoms with Gasteiger partial charge in [0.25, 0.3) is 0 Å². The Labute approximate surface area is 169 Å². The summed E-state index contributed by atoms with van der Waals surface area (Å²) in [4.78, 5) is 17.6. The zero-order chi connectivity index (χ0) is 21.6. The fourth-order valence-electron chi connectivity index (χ4n) is 2.94. The first-order valence-corrected chi connectivity index (χ1v) is 8.80. The number of imidazole rings is 1. The molecule has 1 aromatic carbocycles. The number of aromatic nitrogens is 7. The average molecular weight is 417 g/mol. The third-order valence-corrected chi connectivity index (χ3v) is 4.50. The van der Waals surface area contributed by atoms with Crippen LogP contribution in [0.3, 0.4) is 0 Å². The minimum absolute atomic E-state index is 0.0960. The van der Waals surface area contributed by atoms with Crippen LogP contribution in [0.25, 0.3) is 0 Å². The molecular weight excluding hydrogens is 399 g/mol. The molecule has 4 rings (SSSR count). The van der Waals surface area contributed by atoms with Crippen molar-refractivity contribution >= 4 is 0 Å². The van der Waals surface area contributed by atoms with E-state index in [1.54, 1.807) is 18.7 Å². The van der Waals surface area contributed by atoms with E-state index in [0.717, 1.165) is 24.7 Å². The zero-order valence-corrected chi connectivity index (χ0v) is 15.8. The van der Waals surface area contributed by atoms with Crippen LogP contribution in [-0.4, -0.2) is 39.8 Å². The lowest BCUT2D eigenvalue weighted by Gasteiger charge is -2.34. The fraction of sp³-hybridized carbons (Fsp3) is 0.211. The van der Waals surface area contributed by atoms with Gasteiger partial charge in [-0.15, -0.1) is 0 Å². The normalized spacial score (nSPS) is 13.8. The molecule has 0 bridgehead atoms. The van der Waals surface area contributed by atoms with E-state index < -0.39 is 29.0 Å². The van der Waals surface area contributed by atoms with Crippen LogP contribution in [0, 0.1) is 17.5 Å². The number of nitrogens with one attached hydrogen (secondary N) is 1. The van der Waals surface area contributed by atoms with Gasteiger partial charge in [-0.3, -0.25) is 0 Å². The van der Waals surface area contributed by atoms with Crippen molar-refractivity contribution in [2.24, 2.45) is 0 Å². The highest BCUT2D eigenvalue weighted by molar-refractivity contribution is 5.30. The Hall–Kier alpha value is -3.60. The van der Waals surface area contributed by atoms with Crippen molar-refractivity contribution in [3.63, 3.8) is 0 Å². The number of halogens is 3. The van der Waals surface area contributed by atoms with Crippen molar-refractivity contribution in [3.8, 4) is 0 Å². The summed E-state index contributed by atoms with van der Waals surface area (Å²) in [6.07, 6.45) is 9.74. The summed E-state index contributed by atoms with van der Waals surface area (Å²) in [5.41, 5.74) is -2.25. The highest BCUT2D eigenvalue weighted by Crippen LogP contribution is 2.39. The molecule has 0 radical (unpaired) electrons. The van der Waals surface area contributed by atoms with Crippen LogP contribution in [0.1, 0.15) is 24.1 Å². The van der Waals surface area contributed by atoms with E-state index in [0.29, 0.717) is 6.07 Å². The Bertz CT molecular complexity index is 1040. The van der Waals surface area contributed by atoms with Gasteiger partial charge in [0.15, 0.2) is 5.82 Å². The Morgan fingerprint density at radius 2 is 1.97 bits per heavy atom. The molecule has 11 heteroatoms. The van der Waals surface area contributed by atoms with Gasteiger partial charge >= 0.3 is 0 Å². The number of aromatic amines is 1. The molecule has 156 valence electrons. The highest BCUT2D eigenvalue weighted by atomic mass is 19.1. The van der Waals surface area contributed by atoms with Gasteiger partial charge in [0.2, 0.25) is 0 Å². The SMILES string of the molecule is C[C@@H](c1ncncc1F)[C@](O)(Cn1cncn1)c1ccc(F)cc1F.c1c[nH]cn1. The van der Waals surface area contributed by atoms with E-state index in [9.17, 15) is 18.3 Å². The van der Waals surface area contributed by atoms with Crippen LogP contribution in [0.15, 0.2) is 62.1 Å². The van der Waals surface area contributed by atoms with Gasteiger partial charge in [-0.1, -0.05) is 13.0 Å². The maximum atomic E-state index is 14.4. The van der Waals surface area contributed by atoms with Crippen molar-refractivity contribution in [3.05, 3.63) is 90.8 Å². The molecule has 3 aromatic heterocycles. The number of rotatable bonds is 5. The molecule has 0 unspecified atom stereocenters.